The van der Waals surface area contributed by atoms with Crippen molar-refractivity contribution in [2.24, 2.45) is 0 Å². The summed E-state index contributed by atoms with van der Waals surface area (Å²) in [6.07, 6.45) is 0. The van der Waals surface area contributed by atoms with Gasteiger partial charge in [0.15, 0.2) is 0 Å². The van der Waals surface area contributed by atoms with E-state index in [2.05, 4.69) is 4.90 Å². The van der Waals surface area contributed by atoms with E-state index in [0.717, 1.165) is 13.1 Å². The van der Waals surface area contributed by atoms with Crippen LogP contribution in [0.15, 0.2) is 88.7 Å². The smallest absolute Gasteiger partial charge is 0.253 e. The average molecular weight is 524 g/mol. The number of halogens is 1. The Kier molecular flexibility index (Phi) is 6.83. The molecule has 36 heavy (non-hydrogen) atoms. The Balaban J connectivity index is 1.14. The van der Waals surface area contributed by atoms with Crippen LogP contribution in [-0.4, -0.2) is 80.2 Å². The average Bonchev–Trinajstić information content (AvgIpc) is 2.88. The van der Waals surface area contributed by atoms with Gasteiger partial charge in [-0.3, -0.25) is 14.5 Å². The Bertz CT molecular complexity index is 1370. The molecule has 186 valence electrons. The number of likely N-dealkylation sites (tertiary alicyclic amines) is 1. The first-order chi connectivity index (χ1) is 17.3. The van der Waals surface area contributed by atoms with Crippen molar-refractivity contribution in [2.75, 3.05) is 39.3 Å². The minimum atomic E-state index is -3.71. The molecule has 0 aliphatic carbocycles. The minimum absolute atomic E-state index is 0.0569. The number of carbonyl (C=O) groups excluding carboxylic acids is 2. The van der Waals surface area contributed by atoms with Crippen molar-refractivity contribution in [3.8, 4) is 0 Å². The third-order valence-corrected chi connectivity index (χ3v) is 8.81. The highest BCUT2D eigenvalue weighted by Gasteiger charge is 2.37. The van der Waals surface area contributed by atoms with Crippen molar-refractivity contribution in [1.29, 1.82) is 0 Å². The van der Waals surface area contributed by atoms with Crippen LogP contribution >= 0.6 is 11.6 Å². The standard InChI is InChI=1S/C27H26ClN3O4S/c28-22-7-4-8-25(17-22)36(34,35)24-11-9-21(10-12-24)27(33)31-18-23(19-31)29-13-15-30(16-14-29)26(32)20-5-2-1-3-6-20/h1-12,17,23H,13-16,18-19H2. The highest BCUT2D eigenvalue weighted by molar-refractivity contribution is 7.91. The predicted molar refractivity (Wildman–Crippen MR) is 137 cm³/mol. The number of rotatable bonds is 5. The lowest BCUT2D eigenvalue weighted by molar-refractivity contribution is 0.00853. The molecule has 0 bridgehead atoms. The van der Waals surface area contributed by atoms with Gasteiger partial charge in [-0.25, -0.2) is 8.42 Å². The van der Waals surface area contributed by atoms with Crippen LogP contribution in [0.1, 0.15) is 20.7 Å². The summed E-state index contributed by atoms with van der Waals surface area (Å²) in [6.45, 7) is 4.13. The van der Waals surface area contributed by atoms with Crippen molar-refractivity contribution in [1.82, 2.24) is 14.7 Å². The van der Waals surface area contributed by atoms with Crippen LogP contribution in [-0.2, 0) is 9.84 Å². The summed E-state index contributed by atoms with van der Waals surface area (Å²) >= 11 is 5.94. The van der Waals surface area contributed by atoms with Crippen molar-refractivity contribution >= 4 is 33.3 Å². The van der Waals surface area contributed by atoms with Gasteiger partial charge in [0.05, 0.1) is 9.79 Å². The maximum absolute atomic E-state index is 12.9. The van der Waals surface area contributed by atoms with E-state index in [1.807, 2.05) is 35.2 Å². The van der Waals surface area contributed by atoms with Crippen molar-refractivity contribution in [3.05, 3.63) is 95.0 Å². The Morgan fingerprint density at radius 3 is 1.94 bits per heavy atom. The fourth-order valence-corrected chi connectivity index (χ4v) is 6.20. The number of benzene rings is 3. The van der Waals surface area contributed by atoms with Gasteiger partial charge in [0.25, 0.3) is 11.8 Å². The molecule has 2 heterocycles. The van der Waals surface area contributed by atoms with E-state index in [0.29, 0.717) is 42.3 Å². The lowest BCUT2D eigenvalue weighted by Gasteiger charge is -2.48. The minimum Gasteiger partial charge on any atom is -0.336 e. The SMILES string of the molecule is O=C(c1ccccc1)N1CCN(C2CN(C(=O)c3ccc(S(=O)(=O)c4cccc(Cl)c4)cc3)C2)CC1. The summed E-state index contributed by atoms with van der Waals surface area (Å²) in [6, 6.07) is 21.7. The van der Waals surface area contributed by atoms with Crippen LogP contribution in [0.3, 0.4) is 0 Å². The molecule has 7 nitrogen and oxygen atoms in total. The number of sulfone groups is 1. The van der Waals surface area contributed by atoms with Crippen molar-refractivity contribution in [3.63, 3.8) is 0 Å². The van der Waals surface area contributed by atoms with Gasteiger partial charge in [-0.1, -0.05) is 35.9 Å². The zero-order valence-corrected chi connectivity index (χ0v) is 21.2. The lowest BCUT2D eigenvalue weighted by atomic mass is 10.0. The van der Waals surface area contributed by atoms with E-state index in [4.69, 9.17) is 11.6 Å². The first kappa shape index (κ1) is 24.5. The fraction of sp³-hybridized carbons (Fsp3) is 0.259. The molecule has 3 aromatic rings. The van der Waals surface area contributed by atoms with E-state index in [-0.39, 0.29) is 27.6 Å². The summed E-state index contributed by atoms with van der Waals surface area (Å²) in [4.78, 5) is 31.8. The molecule has 0 unspecified atom stereocenters. The van der Waals surface area contributed by atoms with Gasteiger partial charge in [0.2, 0.25) is 9.84 Å². The molecule has 3 aromatic carbocycles. The number of amides is 2. The van der Waals surface area contributed by atoms with E-state index >= 15 is 0 Å². The van der Waals surface area contributed by atoms with E-state index < -0.39 is 9.84 Å². The largest absolute Gasteiger partial charge is 0.336 e. The molecular formula is C27H26ClN3O4S. The molecule has 5 rings (SSSR count). The van der Waals surface area contributed by atoms with Crippen LogP contribution in [0.4, 0.5) is 0 Å². The highest BCUT2D eigenvalue weighted by Crippen LogP contribution is 2.25. The molecule has 0 radical (unpaired) electrons. The molecule has 0 saturated carbocycles. The maximum atomic E-state index is 12.9. The second kappa shape index (κ2) is 10.0. The number of hydrogen-bond acceptors (Lipinski definition) is 5. The molecule has 2 aliphatic heterocycles. The summed E-state index contributed by atoms with van der Waals surface area (Å²) in [7, 11) is -3.71. The van der Waals surface area contributed by atoms with Crippen LogP contribution in [0.2, 0.25) is 5.02 Å². The molecule has 2 fully saturated rings. The van der Waals surface area contributed by atoms with Crippen LogP contribution in [0.5, 0.6) is 0 Å². The van der Waals surface area contributed by atoms with E-state index in [1.54, 1.807) is 29.2 Å². The number of hydrogen-bond donors (Lipinski definition) is 0. The Labute approximate surface area is 215 Å². The van der Waals surface area contributed by atoms with E-state index in [1.165, 1.54) is 24.3 Å². The Morgan fingerprint density at radius 2 is 1.31 bits per heavy atom. The summed E-state index contributed by atoms with van der Waals surface area (Å²) in [5.41, 5.74) is 1.16. The van der Waals surface area contributed by atoms with Gasteiger partial charge in [-0.15, -0.1) is 0 Å². The molecule has 0 atom stereocenters. The van der Waals surface area contributed by atoms with Gasteiger partial charge in [-0.2, -0.15) is 0 Å². The van der Waals surface area contributed by atoms with Gasteiger partial charge < -0.3 is 9.80 Å². The van der Waals surface area contributed by atoms with Crippen molar-refractivity contribution in [2.45, 2.75) is 15.8 Å². The second-order valence-electron chi connectivity index (χ2n) is 9.04. The third-order valence-electron chi connectivity index (χ3n) is 6.81. The first-order valence-corrected chi connectivity index (χ1v) is 13.7. The molecule has 0 aromatic heterocycles. The molecule has 2 aliphatic rings. The number of piperazine rings is 1. The van der Waals surface area contributed by atoms with Gasteiger partial charge in [0.1, 0.15) is 0 Å². The topological polar surface area (TPSA) is 78.0 Å². The second-order valence-corrected chi connectivity index (χ2v) is 11.4. The summed E-state index contributed by atoms with van der Waals surface area (Å²) in [5.74, 6) is -0.0580. The van der Waals surface area contributed by atoms with E-state index in [9.17, 15) is 18.0 Å². The molecule has 0 spiro atoms. The lowest BCUT2D eigenvalue weighted by Crippen LogP contribution is -2.64. The molecule has 2 amide bonds. The van der Waals surface area contributed by atoms with Gasteiger partial charge >= 0.3 is 0 Å². The zero-order chi connectivity index (χ0) is 25.3. The molecule has 0 N–H and O–H groups in total. The van der Waals surface area contributed by atoms with Crippen LogP contribution < -0.4 is 0 Å². The quantitative estimate of drug-likeness (QED) is 0.512. The summed E-state index contributed by atoms with van der Waals surface area (Å²) < 4.78 is 25.7. The van der Waals surface area contributed by atoms with Crippen molar-refractivity contribution < 1.29 is 18.0 Å². The number of nitrogens with zero attached hydrogens (tertiary/aromatic N) is 3. The summed E-state index contributed by atoms with van der Waals surface area (Å²) in [5, 5.41) is 0.347. The predicted octanol–water partition coefficient (Wildman–Crippen LogP) is 3.46. The zero-order valence-electron chi connectivity index (χ0n) is 19.6. The molecule has 9 heteroatoms. The Hall–Kier alpha value is -3.20. The third kappa shape index (κ3) is 4.89. The van der Waals surface area contributed by atoms with Gasteiger partial charge in [0, 0.05) is 61.5 Å². The van der Waals surface area contributed by atoms with Gasteiger partial charge in [-0.05, 0) is 54.6 Å². The monoisotopic (exact) mass is 523 g/mol. The highest BCUT2D eigenvalue weighted by atomic mass is 35.5. The maximum Gasteiger partial charge on any atom is 0.253 e. The van der Waals surface area contributed by atoms with Crippen LogP contribution in [0, 0.1) is 0 Å². The first-order valence-electron chi connectivity index (χ1n) is 11.8. The Morgan fingerprint density at radius 1 is 0.694 bits per heavy atom. The molecular weight excluding hydrogens is 498 g/mol. The number of carbonyl (C=O) groups is 2. The van der Waals surface area contributed by atoms with Crippen LogP contribution in [0.25, 0.3) is 0 Å². The molecule has 2 saturated heterocycles. The normalized spacial score (nSPS) is 17.0. The fourth-order valence-electron chi connectivity index (χ4n) is 4.64.